The molecule has 0 aliphatic heterocycles. The summed E-state index contributed by atoms with van der Waals surface area (Å²) in [6, 6.07) is 7.60. The van der Waals surface area contributed by atoms with Crippen LogP contribution in [0.25, 0.3) is 0 Å². The Kier molecular flexibility index (Phi) is 5.86. The second-order valence-corrected chi connectivity index (χ2v) is 5.36. The van der Waals surface area contributed by atoms with E-state index in [1.807, 2.05) is 31.2 Å². The molecule has 0 atom stereocenters. The summed E-state index contributed by atoms with van der Waals surface area (Å²) in [6.45, 7) is 3.58. The minimum absolute atomic E-state index is 0.210. The first-order chi connectivity index (χ1) is 10.2. The van der Waals surface area contributed by atoms with E-state index in [4.69, 9.17) is 10.5 Å². The Morgan fingerprint density at radius 1 is 1.43 bits per heavy atom. The average Bonchev–Trinajstić information content (AvgIpc) is 2.95. The molecule has 6 heteroatoms. The van der Waals surface area contributed by atoms with Gasteiger partial charge >= 0.3 is 0 Å². The molecular formula is C15H19N3O2S. The van der Waals surface area contributed by atoms with Crippen LogP contribution in [0.1, 0.15) is 28.0 Å². The van der Waals surface area contributed by atoms with Crippen molar-refractivity contribution in [1.82, 2.24) is 4.98 Å². The van der Waals surface area contributed by atoms with Gasteiger partial charge in [0.2, 0.25) is 0 Å². The third-order valence-corrected chi connectivity index (χ3v) is 3.78. The van der Waals surface area contributed by atoms with Crippen LogP contribution in [0.15, 0.2) is 29.6 Å². The van der Waals surface area contributed by atoms with Crippen molar-refractivity contribution in [2.75, 3.05) is 18.5 Å². The van der Waals surface area contributed by atoms with Gasteiger partial charge in [0.25, 0.3) is 5.91 Å². The first kappa shape index (κ1) is 15.6. The number of nitrogens with two attached hydrogens (primary N) is 1. The summed E-state index contributed by atoms with van der Waals surface area (Å²) in [7, 11) is 0. The zero-order chi connectivity index (χ0) is 15.1. The van der Waals surface area contributed by atoms with E-state index in [1.54, 1.807) is 5.38 Å². The van der Waals surface area contributed by atoms with Crippen LogP contribution in [0, 0.1) is 0 Å². The number of rotatable bonds is 7. The largest absolute Gasteiger partial charge is 0.377 e. The fraction of sp³-hybridized carbons (Fsp3) is 0.333. The van der Waals surface area contributed by atoms with Crippen LogP contribution in [-0.4, -0.2) is 24.0 Å². The number of carbonyl (C=O) groups excluding carboxylic acids is 1. The molecule has 0 bridgehead atoms. The summed E-state index contributed by atoms with van der Waals surface area (Å²) in [5, 5.41) is 5.52. The highest BCUT2D eigenvalue weighted by Gasteiger charge is 2.12. The van der Waals surface area contributed by atoms with Gasteiger partial charge in [-0.1, -0.05) is 18.2 Å². The molecule has 0 radical (unpaired) electrons. The maximum atomic E-state index is 12.2. The molecule has 1 amide bonds. The number of nitrogens with one attached hydrogen (secondary N) is 1. The van der Waals surface area contributed by atoms with Gasteiger partial charge in [-0.05, 0) is 19.5 Å². The lowest BCUT2D eigenvalue weighted by atomic mass is 10.2. The van der Waals surface area contributed by atoms with Crippen molar-refractivity contribution >= 4 is 22.9 Å². The highest BCUT2D eigenvalue weighted by molar-refractivity contribution is 7.09. The number of carbonyl (C=O) groups is 1. The molecule has 1 aromatic heterocycles. The van der Waals surface area contributed by atoms with Crippen molar-refractivity contribution in [2.24, 2.45) is 5.73 Å². The third kappa shape index (κ3) is 4.35. The average molecular weight is 305 g/mol. The predicted molar refractivity (Wildman–Crippen MR) is 84.6 cm³/mol. The van der Waals surface area contributed by atoms with Crippen LogP contribution in [0.3, 0.4) is 0 Å². The van der Waals surface area contributed by atoms with Crippen molar-refractivity contribution < 1.29 is 9.53 Å². The van der Waals surface area contributed by atoms with Crippen LogP contribution in [0.2, 0.25) is 0 Å². The molecule has 2 rings (SSSR count). The van der Waals surface area contributed by atoms with Gasteiger partial charge in [0.15, 0.2) is 0 Å². The van der Waals surface area contributed by atoms with Crippen molar-refractivity contribution in [3.8, 4) is 0 Å². The van der Waals surface area contributed by atoms with Crippen molar-refractivity contribution in [3.63, 3.8) is 0 Å². The Bertz CT molecular complexity index is 598. The van der Waals surface area contributed by atoms with E-state index in [1.165, 1.54) is 11.3 Å². The number of anilines is 1. The molecule has 112 valence electrons. The van der Waals surface area contributed by atoms with E-state index in [9.17, 15) is 4.79 Å². The highest BCUT2D eigenvalue weighted by Crippen LogP contribution is 2.18. The number of amides is 1. The standard InChI is InChI=1S/C15H19N3O2S/c1-2-20-9-11-5-3-4-6-12(11)18-15(19)13-10-21-14(17-13)7-8-16/h3-6,10H,2,7-9,16H2,1H3,(H,18,19). The van der Waals surface area contributed by atoms with E-state index in [-0.39, 0.29) is 5.91 Å². The van der Waals surface area contributed by atoms with E-state index in [2.05, 4.69) is 10.3 Å². The summed E-state index contributed by atoms with van der Waals surface area (Å²) in [6.07, 6.45) is 0.693. The number of hydrogen-bond donors (Lipinski definition) is 2. The van der Waals surface area contributed by atoms with Gasteiger partial charge in [0.1, 0.15) is 5.69 Å². The van der Waals surface area contributed by atoms with Crippen LogP contribution in [0.5, 0.6) is 0 Å². The quantitative estimate of drug-likeness (QED) is 0.823. The van der Waals surface area contributed by atoms with E-state index >= 15 is 0 Å². The van der Waals surface area contributed by atoms with Gasteiger partial charge in [0, 0.05) is 29.7 Å². The van der Waals surface area contributed by atoms with E-state index in [0.717, 1.165) is 16.3 Å². The summed E-state index contributed by atoms with van der Waals surface area (Å²) < 4.78 is 5.40. The number of ether oxygens (including phenoxy) is 1. The number of nitrogens with zero attached hydrogens (tertiary/aromatic N) is 1. The number of aromatic nitrogens is 1. The van der Waals surface area contributed by atoms with Crippen molar-refractivity contribution in [2.45, 2.75) is 20.0 Å². The molecule has 0 unspecified atom stereocenters. The number of hydrogen-bond acceptors (Lipinski definition) is 5. The lowest BCUT2D eigenvalue weighted by molar-refractivity contribution is 0.102. The molecule has 3 N–H and O–H groups in total. The molecule has 5 nitrogen and oxygen atoms in total. The Hall–Kier alpha value is -1.76. The van der Waals surface area contributed by atoms with Gasteiger partial charge in [-0.15, -0.1) is 11.3 Å². The molecule has 0 fully saturated rings. The fourth-order valence-corrected chi connectivity index (χ4v) is 2.61. The zero-order valence-electron chi connectivity index (χ0n) is 12.0. The Morgan fingerprint density at radius 3 is 3.00 bits per heavy atom. The van der Waals surface area contributed by atoms with Crippen LogP contribution in [0.4, 0.5) is 5.69 Å². The SMILES string of the molecule is CCOCc1ccccc1NC(=O)c1csc(CCN)n1. The normalized spacial score (nSPS) is 10.6. The molecule has 0 aliphatic rings. The highest BCUT2D eigenvalue weighted by atomic mass is 32.1. The number of para-hydroxylation sites is 1. The van der Waals surface area contributed by atoms with Gasteiger partial charge in [0.05, 0.1) is 11.6 Å². The summed E-state index contributed by atoms with van der Waals surface area (Å²) in [4.78, 5) is 16.5. The van der Waals surface area contributed by atoms with Crippen molar-refractivity contribution in [1.29, 1.82) is 0 Å². The summed E-state index contributed by atoms with van der Waals surface area (Å²) in [5.41, 5.74) is 7.62. The summed E-state index contributed by atoms with van der Waals surface area (Å²) in [5.74, 6) is -0.210. The minimum atomic E-state index is -0.210. The third-order valence-electron chi connectivity index (χ3n) is 2.87. The molecule has 1 aromatic carbocycles. The molecular weight excluding hydrogens is 286 g/mol. The number of benzene rings is 1. The Balaban J connectivity index is 2.07. The topological polar surface area (TPSA) is 77.2 Å². The van der Waals surface area contributed by atoms with E-state index in [0.29, 0.717) is 31.9 Å². The number of thiazole rings is 1. The van der Waals surface area contributed by atoms with Gasteiger partial charge < -0.3 is 15.8 Å². The molecule has 0 aliphatic carbocycles. The van der Waals surface area contributed by atoms with E-state index < -0.39 is 0 Å². The molecule has 0 saturated carbocycles. The molecule has 2 aromatic rings. The van der Waals surface area contributed by atoms with Crippen LogP contribution < -0.4 is 11.1 Å². The second kappa shape index (κ2) is 7.87. The smallest absolute Gasteiger partial charge is 0.275 e. The first-order valence-electron chi connectivity index (χ1n) is 6.86. The zero-order valence-corrected chi connectivity index (χ0v) is 12.8. The Morgan fingerprint density at radius 2 is 2.24 bits per heavy atom. The monoisotopic (exact) mass is 305 g/mol. The van der Waals surface area contributed by atoms with Gasteiger partial charge in [-0.25, -0.2) is 4.98 Å². The first-order valence-corrected chi connectivity index (χ1v) is 7.74. The predicted octanol–water partition coefficient (Wildman–Crippen LogP) is 2.43. The Labute approximate surface area is 128 Å². The molecule has 1 heterocycles. The van der Waals surface area contributed by atoms with Crippen molar-refractivity contribution in [3.05, 3.63) is 45.9 Å². The van der Waals surface area contributed by atoms with Gasteiger partial charge in [-0.3, -0.25) is 4.79 Å². The maximum Gasteiger partial charge on any atom is 0.275 e. The summed E-state index contributed by atoms with van der Waals surface area (Å²) >= 11 is 1.45. The van der Waals surface area contributed by atoms with Gasteiger partial charge in [-0.2, -0.15) is 0 Å². The lowest BCUT2D eigenvalue weighted by Gasteiger charge is -2.10. The fourth-order valence-electron chi connectivity index (χ4n) is 1.82. The van der Waals surface area contributed by atoms with Crippen LogP contribution >= 0.6 is 11.3 Å². The molecule has 21 heavy (non-hydrogen) atoms. The maximum absolute atomic E-state index is 12.2. The lowest BCUT2D eigenvalue weighted by Crippen LogP contribution is -2.14. The molecule has 0 spiro atoms. The molecule has 0 saturated heterocycles. The second-order valence-electron chi connectivity index (χ2n) is 4.41. The minimum Gasteiger partial charge on any atom is -0.377 e. The van der Waals surface area contributed by atoms with Crippen LogP contribution in [-0.2, 0) is 17.8 Å².